The first-order valence-corrected chi connectivity index (χ1v) is 7.82. The van der Waals surface area contributed by atoms with E-state index in [0.29, 0.717) is 13.0 Å². The van der Waals surface area contributed by atoms with E-state index < -0.39 is 6.10 Å². The molecule has 0 spiro atoms. The molecule has 1 amide bonds. The number of likely N-dealkylation sites (tertiary alicyclic amines) is 1. The molecular weight excluding hydrogens is 290 g/mol. The number of carbonyl (C=O) groups is 1. The van der Waals surface area contributed by atoms with E-state index in [-0.39, 0.29) is 18.4 Å². The van der Waals surface area contributed by atoms with Crippen molar-refractivity contribution in [2.45, 2.75) is 31.5 Å². The summed E-state index contributed by atoms with van der Waals surface area (Å²) in [7, 11) is 1.63. The number of nitrogens with zero attached hydrogens (tertiary/aromatic N) is 1. The Morgan fingerprint density at radius 1 is 1.09 bits per heavy atom. The van der Waals surface area contributed by atoms with Crippen LogP contribution in [0.15, 0.2) is 54.6 Å². The summed E-state index contributed by atoms with van der Waals surface area (Å²) < 4.78 is 5.16. The Kier molecular flexibility index (Phi) is 4.63. The molecule has 3 rings (SSSR count). The molecule has 2 aromatic carbocycles. The van der Waals surface area contributed by atoms with Gasteiger partial charge in [0.25, 0.3) is 0 Å². The van der Waals surface area contributed by atoms with Crippen LogP contribution in [-0.4, -0.2) is 35.2 Å². The van der Waals surface area contributed by atoms with Gasteiger partial charge in [-0.05, 0) is 29.7 Å². The van der Waals surface area contributed by atoms with Crippen LogP contribution in [0.5, 0.6) is 5.75 Å². The van der Waals surface area contributed by atoms with Crippen LogP contribution in [-0.2, 0) is 17.8 Å². The van der Waals surface area contributed by atoms with E-state index in [1.54, 1.807) is 12.0 Å². The van der Waals surface area contributed by atoms with Gasteiger partial charge in [-0.1, -0.05) is 42.5 Å². The van der Waals surface area contributed by atoms with Crippen LogP contribution in [0.25, 0.3) is 0 Å². The van der Waals surface area contributed by atoms with Gasteiger partial charge < -0.3 is 14.7 Å². The molecule has 1 heterocycles. The average Bonchev–Trinajstić information content (AvgIpc) is 2.83. The minimum absolute atomic E-state index is 0.0138. The zero-order valence-electron chi connectivity index (χ0n) is 13.2. The number of aliphatic hydroxyl groups is 1. The second kappa shape index (κ2) is 6.84. The number of hydrogen-bond donors (Lipinski definition) is 1. The fraction of sp³-hybridized carbons (Fsp3) is 0.316. The highest BCUT2D eigenvalue weighted by molar-refractivity contribution is 5.79. The van der Waals surface area contributed by atoms with E-state index >= 15 is 0 Å². The third kappa shape index (κ3) is 3.54. The van der Waals surface area contributed by atoms with Crippen molar-refractivity contribution < 1.29 is 14.6 Å². The van der Waals surface area contributed by atoms with Crippen molar-refractivity contribution in [2.75, 3.05) is 7.11 Å². The van der Waals surface area contributed by atoms with Crippen LogP contribution in [0, 0.1) is 0 Å². The van der Waals surface area contributed by atoms with Crippen LogP contribution in [0.2, 0.25) is 0 Å². The normalized spacial score (nSPS) is 20.8. The summed E-state index contributed by atoms with van der Waals surface area (Å²) in [5.74, 6) is 0.817. The van der Waals surface area contributed by atoms with E-state index in [2.05, 4.69) is 0 Å². The molecule has 1 fully saturated rings. The highest BCUT2D eigenvalue weighted by Gasteiger charge is 2.38. The molecule has 120 valence electrons. The largest absolute Gasteiger partial charge is 0.497 e. The highest BCUT2D eigenvalue weighted by atomic mass is 16.5. The Morgan fingerprint density at radius 3 is 2.43 bits per heavy atom. The summed E-state index contributed by atoms with van der Waals surface area (Å²) in [6.45, 7) is 0.539. The fourth-order valence-corrected chi connectivity index (χ4v) is 3.06. The van der Waals surface area contributed by atoms with Crippen LogP contribution < -0.4 is 4.74 Å². The fourth-order valence-electron chi connectivity index (χ4n) is 3.06. The lowest BCUT2D eigenvalue weighted by molar-refractivity contribution is -0.129. The molecule has 0 saturated carbocycles. The zero-order chi connectivity index (χ0) is 16.2. The Hall–Kier alpha value is -2.33. The molecule has 1 saturated heterocycles. The standard InChI is InChI=1S/C19H21NO3/c1-23-16-9-7-14(8-10-16)11-17-18(21)12-19(22)20(17)13-15-5-3-2-4-6-15/h2-10,17-18,21H,11-13H2,1H3/t17-,18+/m1/s1. The molecule has 1 N–H and O–H groups in total. The maximum absolute atomic E-state index is 12.2. The summed E-state index contributed by atoms with van der Waals surface area (Å²) in [5.41, 5.74) is 2.16. The molecular formula is C19H21NO3. The topological polar surface area (TPSA) is 49.8 Å². The first kappa shape index (κ1) is 15.6. The maximum Gasteiger partial charge on any atom is 0.225 e. The van der Waals surface area contributed by atoms with E-state index in [4.69, 9.17) is 4.74 Å². The molecule has 2 aromatic rings. The first-order valence-electron chi connectivity index (χ1n) is 7.82. The quantitative estimate of drug-likeness (QED) is 0.922. The molecule has 4 heteroatoms. The van der Waals surface area contributed by atoms with Gasteiger partial charge in [0.2, 0.25) is 5.91 Å². The molecule has 0 radical (unpaired) electrons. The van der Waals surface area contributed by atoms with Crippen molar-refractivity contribution in [1.29, 1.82) is 0 Å². The minimum Gasteiger partial charge on any atom is -0.497 e. The summed E-state index contributed by atoms with van der Waals surface area (Å²) in [6, 6.07) is 17.5. The lowest BCUT2D eigenvalue weighted by atomic mass is 10.0. The smallest absolute Gasteiger partial charge is 0.225 e. The Labute approximate surface area is 136 Å². The van der Waals surface area contributed by atoms with Crippen LogP contribution in [0.4, 0.5) is 0 Å². The number of amides is 1. The predicted molar refractivity (Wildman–Crippen MR) is 88.1 cm³/mol. The second-order valence-corrected chi connectivity index (χ2v) is 5.90. The van der Waals surface area contributed by atoms with Gasteiger partial charge in [0, 0.05) is 6.54 Å². The lowest BCUT2D eigenvalue weighted by Gasteiger charge is -2.26. The first-order chi connectivity index (χ1) is 11.2. The summed E-state index contributed by atoms with van der Waals surface area (Å²) in [6.07, 6.45) is 0.227. The monoisotopic (exact) mass is 311 g/mol. The number of benzene rings is 2. The second-order valence-electron chi connectivity index (χ2n) is 5.90. The van der Waals surface area contributed by atoms with Gasteiger partial charge in [0.15, 0.2) is 0 Å². The molecule has 1 aliphatic rings. The average molecular weight is 311 g/mol. The number of ether oxygens (including phenoxy) is 1. The number of hydrogen-bond acceptors (Lipinski definition) is 3. The van der Waals surface area contributed by atoms with Gasteiger partial charge in [0.1, 0.15) is 5.75 Å². The molecule has 23 heavy (non-hydrogen) atoms. The Morgan fingerprint density at radius 2 is 1.78 bits per heavy atom. The third-order valence-electron chi connectivity index (χ3n) is 4.35. The number of methoxy groups -OCH3 is 1. The van der Waals surface area contributed by atoms with Crippen molar-refractivity contribution in [3.8, 4) is 5.75 Å². The molecule has 0 aromatic heterocycles. The number of rotatable bonds is 5. The van der Waals surface area contributed by atoms with E-state index in [1.807, 2.05) is 54.6 Å². The summed E-state index contributed by atoms with van der Waals surface area (Å²) in [4.78, 5) is 14.0. The molecule has 4 nitrogen and oxygen atoms in total. The summed E-state index contributed by atoms with van der Waals surface area (Å²) in [5, 5.41) is 10.3. The van der Waals surface area contributed by atoms with E-state index in [0.717, 1.165) is 16.9 Å². The maximum atomic E-state index is 12.2. The van der Waals surface area contributed by atoms with Crippen LogP contribution >= 0.6 is 0 Å². The SMILES string of the molecule is COc1ccc(C[C@@H]2[C@@H](O)CC(=O)N2Cc2ccccc2)cc1. The van der Waals surface area contributed by atoms with Crippen molar-refractivity contribution in [3.05, 3.63) is 65.7 Å². The third-order valence-corrected chi connectivity index (χ3v) is 4.35. The van der Waals surface area contributed by atoms with Gasteiger partial charge in [-0.2, -0.15) is 0 Å². The molecule has 0 unspecified atom stereocenters. The van der Waals surface area contributed by atoms with Crippen molar-refractivity contribution in [3.63, 3.8) is 0 Å². The molecule has 1 aliphatic heterocycles. The van der Waals surface area contributed by atoms with E-state index in [9.17, 15) is 9.90 Å². The zero-order valence-corrected chi connectivity index (χ0v) is 13.2. The van der Waals surface area contributed by atoms with Gasteiger partial charge in [-0.15, -0.1) is 0 Å². The van der Waals surface area contributed by atoms with Gasteiger partial charge >= 0.3 is 0 Å². The van der Waals surface area contributed by atoms with Gasteiger partial charge in [0.05, 0.1) is 25.7 Å². The molecule has 0 bridgehead atoms. The van der Waals surface area contributed by atoms with Gasteiger partial charge in [-0.25, -0.2) is 0 Å². The predicted octanol–water partition coefficient (Wildman–Crippen LogP) is 2.40. The van der Waals surface area contributed by atoms with Gasteiger partial charge in [-0.3, -0.25) is 4.79 Å². The molecule has 0 aliphatic carbocycles. The van der Waals surface area contributed by atoms with Crippen molar-refractivity contribution in [1.82, 2.24) is 4.90 Å². The molecule has 2 atom stereocenters. The van der Waals surface area contributed by atoms with Crippen LogP contribution in [0.3, 0.4) is 0 Å². The minimum atomic E-state index is -0.617. The van der Waals surface area contributed by atoms with Crippen molar-refractivity contribution in [2.24, 2.45) is 0 Å². The highest BCUT2D eigenvalue weighted by Crippen LogP contribution is 2.25. The number of carbonyl (C=O) groups excluding carboxylic acids is 1. The summed E-state index contributed by atoms with van der Waals surface area (Å²) >= 11 is 0. The van der Waals surface area contributed by atoms with Crippen LogP contribution in [0.1, 0.15) is 17.5 Å². The number of aliphatic hydroxyl groups excluding tert-OH is 1. The van der Waals surface area contributed by atoms with E-state index in [1.165, 1.54) is 0 Å². The van der Waals surface area contributed by atoms with Crippen molar-refractivity contribution >= 4 is 5.91 Å². The lowest BCUT2D eigenvalue weighted by Crippen LogP contribution is -2.38. The Bertz CT molecular complexity index is 654. The Balaban J connectivity index is 1.75.